The molecule has 0 amide bonds. The number of nitrogen functional groups attached to an aromatic ring is 1. The largest absolute Gasteiger partial charge is 0.383 e. The molecule has 1 aliphatic rings. The molecule has 4 nitrogen and oxygen atoms in total. The second-order valence-electron chi connectivity index (χ2n) is 5.54. The summed E-state index contributed by atoms with van der Waals surface area (Å²) in [6.45, 7) is 1.99. The maximum absolute atomic E-state index is 5.79. The molecule has 0 spiro atoms. The average molecular weight is 347 g/mol. The summed E-state index contributed by atoms with van der Waals surface area (Å²) in [5.41, 5.74) is 7.22. The van der Waals surface area contributed by atoms with Crippen molar-refractivity contribution in [1.29, 1.82) is 0 Å². The molecule has 0 atom stereocenters. The summed E-state index contributed by atoms with van der Waals surface area (Å²) in [5, 5.41) is 0. The van der Waals surface area contributed by atoms with Crippen LogP contribution in [0.15, 0.2) is 41.0 Å². The summed E-state index contributed by atoms with van der Waals surface area (Å²) in [6.07, 6.45) is 3.51. The highest BCUT2D eigenvalue weighted by Gasteiger charge is 2.21. The van der Waals surface area contributed by atoms with Crippen LogP contribution in [0.3, 0.4) is 0 Å². The van der Waals surface area contributed by atoms with Crippen molar-refractivity contribution in [1.82, 2.24) is 9.97 Å². The topological polar surface area (TPSA) is 55.0 Å². The number of rotatable bonds is 3. The highest BCUT2D eigenvalue weighted by Crippen LogP contribution is 2.25. The molecule has 1 fully saturated rings. The first kappa shape index (κ1) is 14.3. The highest BCUT2D eigenvalue weighted by molar-refractivity contribution is 9.10. The van der Waals surface area contributed by atoms with Gasteiger partial charge in [-0.3, -0.25) is 0 Å². The van der Waals surface area contributed by atoms with Crippen molar-refractivity contribution < 1.29 is 0 Å². The molecule has 1 aromatic heterocycles. The Morgan fingerprint density at radius 2 is 1.86 bits per heavy atom. The van der Waals surface area contributed by atoms with Crippen molar-refractivity contribution in [2.24, 2.45) is 5.92 Å². The molecule has 0 unspecified atom stereocenters. The standard InChI is InChI=1S/C16H19BrN4/c17-14-11-15(18)20-16(19-14)21-8-6-13(7-9-21)10-12-4-2-1-3-5-12/h1-5,11,13H,6-10H2,(H2,18,19,20). The SMILES string of the molecule is Nc1cc(Br)nc(N2CCC(Cc3ccccc3)CC2)n1. The van der Waals surface area contributed by atoms with Crippen LogP contribution in [0.5, 0.6) is 0 Å². The fourth-order valence-corrected chi connectivity index (χ4v) is 3.24. The van der Waals surface area contributed by atoms with Gasteiger partial charge in [0.05, 0.1) is 0 Å². The molecule has 2 aromatic rings. The van der Waals surface area contributed by atoms with Crippen LogP contribution >= 0.6 is 15.9 Å². The molecule has 1 aliphatic heterocycles. The van der Waals surface area contributed by atoms with Gasteiger partial charge >= 0.3 is 0 Å². The van der Waals surface area contributed by atoms with Crippen molar-refractivity contribution in [2.45, 2.75) is 19.3 Å². The van der Waals surface area contributed by atoms with Crippen molar-refractivity contribution >= 4 is 27.7 Å². The quantitative estimate of drug-likeness (QED) is 0.866. The fourth-order valence-electron chi connectivity index (χ4n) is 2.85. The number of nitrogens with zero attached hydrogens (tertiary/aromatic N) is 3. The van der Waals surface area contributed by atoms with Gasteiger partial charge < -0.3 is 10.6 Å². The Hall–Kier alpha value is -1.62. The molecule has 3 rings (SSSR count). The van der Waals surface area contributed by atoms with Gasteiger partial charge in [0.25, 0.3) is 0 Å². The zero-order chi connectivity index (χ0) is 14.7. The van der Waals surface area contributed by atoms with Crippen molar-refractivity contribution in [2.75, 3.05) is 23.7 Å². The lowest BCUT2D eigenvalue weighted by molar-refractivity contribution is 0.400. The number of halogens is 1. The highest BCUT2D eigenvalue weighted by atomic mass is 79.9. The zero-order valence-electron chi connectivity index (χ0n) is 11.9. The predicted molar refractivity (Wildman–Crippen MR) is 89.2 cm³/mol. The normalized spacial score (nSPS) is 16.1. The van der Waals surface area contributed by atoms with E-state index >= 15 is 0 Å². The minimum atomic E-state index is 0.512. The Morgan fingerprint density at radius 3 is 2.52 bits per heavy atom. The molecular formula is C16H19BrN4. The number of nitrogens with two attached hydrogens (primary N) is 1. The van der Waals surface area contributed by atoms with Gasteiger partial charge in [-0.05, 0) is 46.7 Å². The van der Waals surface area contributed by atoms with Gasteiger partial charge in [-0.1, -0.05) is 30.3 Å². The van der Waals surface area contributed by atoms with E-state index in [4.69, 9.17) is 5.73 Å². The number of hydrogen-bond acceptors (Lipinski definition) is 4. The lowest BCUT2D eigenvalue weighted by Crippen LogP contribution is -2.35. The molecule has 110 valence electrons. The molecule has 0 saturated carbocycles. The summed E-state index contributed by atoms with van der Waals surface area (Å²) in [4.78, 5) is 11.0. The van der Waals surface area contributed by atoms with E-state index < -0.39 is 0 Å². The van der Waals surface area contributed by atoms with Gasteiger partial charge in [0, 0.05) is 19.2 Å². The van der Waals surface area contributed by atoms with Crippen LogP contribution in [-0.2, 0) is 6.42 Å². The molecule has 0 bridgehead atoms. The van der Waals surface area contributed by atoms with Gasteiger partial charge in [0.2, 0.25) is 5.95 Å². The van der Waals surface area contributed by atoms with Crippen LogP contribution in [0.4, 0.5) is 11.8 Å². The third-order valence-electron chi connectivity index (χ3n) is 3.97. The van der Waals surface area contributed by atoms with E-state index in [1.807, 2.05) is 0 Å². The molecule has 0 radical (unpaired) electrons. The van der Waals surface area contributed by atoms with Crippen LogP contribution in [-0.4, -0.2) is 23.1 Å². The van der Waals surface area contributed by atoms with Crippen LogP contribution in [0, 0.1) is 5.92 Å². The van der Waals surface area contributed by atoms with E-state index in [1.165, 1.54) is 18.4 Å². The first-order valence-electron chi connectivity index (χ1n) is 7.29. The summed E-state index contributed by atoms with van der Waals surface area (Å²) in [5.74, 6) is 1.99. The minimum absolute atomic E-state index is 0.512. The fraction of sp³-hybridized carbons (Fsp3) is 0.375. The van der Waals surface area contributed by atoms with E-state index in [0.717, 1.165) is 36.0 Å². The summed E-state index contributed by atoms with van der Waals surface area (Å²) < 4.78 is 0.747. The molecule has 0 aliphatic carbocycles. The molecule has 5 heteroatoms. The van der Waals surface area contributed by atoms with E-state index in [-0.39, 0.29) is 0 Å². The molecular weight excluding hydrogens is 328 g/mol. The predicted octanol–water partition coefficient (Wildman–Crippen LogP) is 3.28. The second-order valence-corrected chi connectivity index (χ2v) is 6.35. The number of hydrogen-bond donors (Lipinski definition) is 1. The van der Waals surface area contributed by atoms with Crippen LogP contribution in [0.1, 0.15) is 18.4 Å². The first-order valence-corrected chi connectivity index (χ1v) is 8.09. The Kier molecular flexibility index (Phi) is 4.39. The molecule has 2 heterocycles. The van der Waals surface area contributed by atoms with Crippen LogP contribution in [0.25, 0.3) is 0 Å². The zero-order valence-corrected chi connectivity index (χ0v) is 13.5. The van der Waals surface area contributed by atoms with E-state index in [9.17, 15) is 0 Å². The van der Waals surface area contributed by atoms with Gasteiger partial charge in [-0.2, -0.15) is 4.98 Å². The van der Waals surface area contributed by atoms with E-state index in [1.54, 1.807) is 6.07 Å². The second kappa shape index (κ2) is 6.43. The van der Waals surface area contributed by atoms with Gasteiger partial charge in [-0.25, -0.2) is 4.98 Å². The maximum atomic E-state index is 5.79. The molecule has 2 N–H and O–H groups in total. The smallest absolute Gasteiger partial charge is 0.228 e. The van der Waals surface area contributed by atoms with Crippen LogP contribution in [0.2, 0.25) is 0 Å². The van der Waals surface area contributed by atoms with Gasteiger partial charge in [-0.15, -0.1) is 0 Å². The lowest BCUT2D eigenvalue weighted by Gasteiger charge is -2.32. The number of anilines is 2. The Bertz CT molecular complexity index is 574. The van der Waals surface area contributed by atoms with Crippen molar-refractivity contribution in [3.8, 4) is 0 Å². The third kappa shape index (κ3) is 3.73. The Balaban J connectivity index is 1.60. The molecule has 1 aromatic carbocycles. The summed E-state index contributed by atoms with van der Waals surface area (Å²) in [6, 6.07) is 12.5. The maximum Gasteiger partial charge on any atom is 0.228 e. The molecule has 21 heavy (non-hydrogen) atoms. The lowest BCUT2D eigenvalue weighted by atomic mass is 9.90. The summed E-state index contributed by atoms with van der Waals surface area (Å²) in [7, 11) is 0. The van der Waals surface area contributed by atoms with Gasteiger partial charge in [0.15, 0.2) is 0 Å². The minimum Gasteiger partial charge on any atom is -0.383 e. The average Bonchev–Trinajstić information content (AvgIpc) is 2.48. The Labute approximate surface area is 133 Å². The number of benzene rings is 1. The Morgan fingerprint density at radius 1 is 1.14 bits per heavy atom. The first-order chi connectivity index (χ1) is 10.2. The molecule has 1 saturated heterocycles. The van der Waals surface area contributed by atoms with E-state index in [0.29, 0.717) is 5.82 Å². The van der Waals surface area contributed by atoms with E-state index in [2.05, 4.69) is 61.1 Å². The van der Waals surface area contributed by atoms with Gasteiger partial charge in [0.1, 0.15) is 10.4 Å². The monoisotopic (exact) mass is 346 g/mol. The van der Waals surface area contributed by atoms with Crippen LogP contribution < -0.4 is 10.6 Å². The summed E-state index contributed by atoms with van der Waals surface area (Å²) >= 11 is 3.38. The number of piperidine rings is 1. The van der Waals surface area contributed by atoms with Crippen molar-refractivity contribution in [3.63, 3.8) is 0 Å². The number of aromatic nitrogens is 2. The van der Waals surface area contributed by atoms with Crippen molar-refractivity contribution in [3.05, 3.63) is 46.6 Å². The third-order valence-corrected chi connectivity index (χ3v) is 4.37.